The highest BCUT2D eigenvalue weighted by atomic mass is 16.2. The van der Waals surface area contributed by atoms with Gasteiger partial charge in [-0.15, -0.1) is 0 Å². The van der Waals surface area contributed by atoms with Crippen molar-refractivity contribution in [1.29, 1.82) is 0 Å². The quantitative estimate of drug-likeness (QED) is 0.659. The van der Waals surface area contributed by atoms with Gasteiger partial charge in [0.15, 0.2) is 0 Å². The molecule has 0 radical (unpaired) electrons. The van der Waals surface area contributed by atoms with Gasteiger partial charge in [0.2, 0.25) is 0 Å². The molecule has 0 aliphatic rings. The van der Waals surface area contributed by atoms with Crippen molar-refractivity contribution in [3.8, 4) is 0 Å². The lowest BCUT2D eigenvalue weighted by atomic mass is 10.0. The van der Waals surface area contributed by atoms with E-state index < -0.39 is 11.8 Å². The van der Waals surface area contributed by atoms with E-state index in [9.17, 15) is 14.4 Å². The highest BCUT2D eigenvalue weighted by Gasteiger charge is 2.18. The van der Waals surface area contributed by atoms with Gasteiger partial charge in [0.1, 0.15) is 0 Å². The first-order valence-electron chi connectivity index (χ1n) is 9.34. The molecule has 6 nitrogen and oxygen atoms in total. The Morgan fingerprint density at radius 3 is 2.31 bits per heavy atom. The van der Waals surface area contributed by atoms with Crippen molar-refractivity contribution in [2.24, 2.45) is 0 Å². The molecule has 0 aromatic heterocycles. The number of nitrogens with zero attached hydrogens (tertiary/aromatic N) is 1. The average Bonchev–Trinajstić information content (AvgIpc) is 2.73. The SMILES string of the molecule is CN(C)C(=O)c1ccccc1NC(=O)C(=O)NCCc1cccc2ccccc12. The van der Waals surface area contributed by atoms with Crippen LogP contribution in [0.2, 0.25) is 0 Å². The zero-order valence-electron chi connectivity index (χ0n) is 16.4. The predicted octanol–water partition coefficient (Wildman–Crippen LogP) is 2.84. The number of fused-ring (bicyclic) bond motifs is 1. The molecule has 0 unspecified atom stereocenters. The second-order valence-electron chi connectivity index (χ2n) is 6.84. The summed E-state index contributed by atoms with van der Waals surface area (Å²) in [6.07, 6.45) is 0.607. The summed E-state index contributed by atoms with van der Waals surface area (Å²) in [6, 6.07) is 20.7. The fraction of sp³-hybridized carbons (Fsp3) is 0.174. The minimum Gasteiger partial charge on any atom is -0.347 e. The summed E-state index contributed by atoms with van der Waals surface area (Å²) in [5, 5.41) is 7.43. The van der Waals surface area contributed by atoms with Crippen LogP contribution in [0.1, 0.15) is 15.9 Å². The number of carbonyl (C=O) groups is 3. The maximum atomic E-state index is 12.3. The van der Waals surface area contributed by atoms with Crippen LogP contribution in [0.5, 0.6) is 0 Å². The number of hydrogen-bond acceptors (Lipinski definition) is 3. The number of benzene rings is 3. The van der Waals surface area contributed by atoms with Crippen LogP contribution in [0.15, 0.2) is 66.7 Å². The third kappa shape index (κ3) is 4.79. The van der Waals surface area contributed by atoms with Gasteiger partial charge in [-0.05, 0) is 34.9 Å². The molecule has 0 aliphatic carbocycles. The zero-order chi connectivity index (χ0) is 20.8. The number of nitrogens with one attached hydrogen (secondary N) is 2. The maximum Gasteiger partial charge on any atom is 0.313 e. The fourth-order valence-electron chi connectivity index (χ4n) is 3.10. The number of amides is 3. The van der Waals surface area contributed by atoms with Gasteiger partial charge in [0.25, 0.3) is 5.91 Å². The Morgan fingerprint density at radius 2 is 1.52 bits per heavy atom. The van der Waals surface area contributed by atoms with E-state index in [1.54, 1.807) is 38.4 Å². The molecule has 29 heavy (non-hydrogen) atoms. The largest absolute Gasteiger partial charge is 0.347 e. The van der Waals surface area contributed by atoms with Crippen LogP contribution in [0, 0.1) is 0 Å². The van der Waals surface area contributed by atoms with Crippen LogP contribution in [0.3, 0.4) is 0 Å². The Kier molecular flexibility index (Phi) is 6.24. The Bertz CT molecular complexity index is 1050. The molecule has 0 spiro atoms. The molecule has 148 valence electrons. The van der Waals surface area contributed by atoms with Gasteiger partial charge in [0, 0.05) is 20.6 Å². The lowest BCUT2D eigenvalue weighted by Crippen LogP contribution is -2.37. The first-order valence-corrected chi connectivity index (χ1v) is 9.34. The van der Waals surface area contributed by atoms with Gasteiger partial charge < -0.3 is 15.5 Å². The molecule has 3 aromatic rings. The molecule has 0 bridgehead atoms. The van der Waals surface area contributed by atoms with Crippen LogP contribution in [0.4, 0.5) is 5.69 Å². The van der Waals surface area contributed by atoms with E-state index in [4.69, 9.17) is 0 Å². The number of anilines is 1. The second kappa shape index (κ2) is 9.01. The molecule has 0 saturated heterocycles. The minimum absolute atomic E-state index is 0.253. The van der Waals surface area contributed by atoms with Crippen molar-refractivity contribution in [3.05, 3.63) is 77.9 Å². The summed E-state index contributed by atoms with van der Waals surface area (Å²) in [6.45, 7) is 0.332. The van der Waals surface area contributed by atoms with Gasteiger partial charge in [0.05, 0.1) is 11.3 Å². The minimum atomic E-state index is -0.804. The standard InChI is InChI=1S/C23H23N3O3/c1-26(2)23(29)19-12-5-6-13-20(19)25-22(28)21(27)24-15-14-17-10-7-9-16-8-3-4-11-18(16)17/h3-13H,14-15H2,1-2H3,(H,24,27)(H,25,28). The van der Waals surface area contributed by atoms with Gasteiger partial charge in [-0.25, -0.2) is 0 Å². The topological polar surface area (TPSA) is 78.5 Å². The van der Waals surface area contributed by atoms with E-state index in [0.717, 1.165) is 16.3 Å². The molecular formula is C23H23N3O3. The van der Waals surface area contributed by atoms with Gasteiger partial charge in [-0.2, -0.15) is 0 Å². The monoisotopic (exact) mass is 389 g/mol. The Hall–Kier alpha value is -3.67. The predicted molar refractivity (Wildman–Crippen MR) is 114 cm³/mol. The number of para-hydroxylation sites is 1. The third-order valence-corrected chi connectivity index (χ3v) is 4.58. The van der Waals surface area contributed by atoms with E-state index in [1.165, 1.54) is 4.90 Å². The van der Waals surface area contributed by atoms with Gasteiger partial charge >= 0.3 is 11.8 Å². The second-order valence-corrected chi connectivity index (χ2v) is 6.84. The average molecular weight is 389 g/mol. The summed E-state index contributed by atoms with van der Waals surface area (Å²) in [5.41, 5.74) is 1.74. The summed E-state index contributed by atoms with van der Waals surface area (Å²) >= 11 is 0. The molecule has 3 amide bonds. The summed E-state index contributed by atoms with van der Waals surface area (Å²) < 4.78 is 0. The Balaban J connectivity index is 1.61. The zero-order valence-corrected chi connectivity index (χ0v) is 16.4. The molecule has 3 rings (SSSR count). The molecule has 2 N–H and O–H groups in total. The first kappa shape index (κ1) is 20.1. The molecular weight excluding hydrogens is 366 g/mol. The van der Waals surface area contributed by atoms with Gasteiger partial charge in [-0.1, -0.05) is 54.6 Å². The van der Waals surface area contributed by atoms with Crippen LogP contribution in [-0.2, 0) is 16.0 Å². The number of carbonyl (C=O) groups excluding carboxylic acids is 3. The highest BCUT2D eigenvalue weighted by molar-refractivity contribution is 6.40. The van der Waals surface area contributed by atoms with E-state index in [-0.39, 0.29) is 5.91 Å². The smallest absolute Gasteiger partial charge is 0.313 e. The maximum absolute atomic E-state index is 12.3. The molecule has 0 aliphatic heterocycles. The van der Waals surface area contributed by atoms with Crippen LogP contribution < -0.4 is 10.6 Å². The van der Waals surface area contributed by atoms with Crippen molar-refractivity contribution in [1.82, 2.24) is 10.2 Å². The lowest BCUT2D eigenvalue weighted by Gasteiger charge is -2.14. The van der Waals surface area contributed by atoms with Crippen LogP contribution in [-0.4, -0.2) is 43.3 Å². The van der Waals surface area contributed by atoms with Gasteiger partial charge in [-0.3, -0.25) is 14.4 Å². The molecule has 0 atom stereocenters. The number of hydrogen-bond donors (Lipinski definition) is 2. The first-order chi connectivity index (χ1) is 14.0. The van der Waals surface area contributed by atoms with E-state index in [0.29, 0.717) is 24.2 Å². The van der Waals surface area contributed by atoms with Crippen LogP contribution in [0.25, 0.3) is 10.8 Å². The molecule has 0 saturated carbocycles. The summed E-state index contributed by atoms with van der Waals surface area (Å²) in [5.74, 6) is -1.79. The summed E-state index contributed by atoms with van der Waals surface area (Å²) in [4.78, 5) is 38.1. The van der Waals surface area contributed by atoms with E-state index >= 15 is 0 Å². The normalized spacial score (nSPS) is 10.4. The van der Waals surface area contributed by atoms with E-state index in [1.807, 2.05) is 42.5 Å². The fourth-order valence-corrected chi connectivity index (χ4v) is 3.10. The molecule has 0 fully saturated rings. The highest BCUT2D eigenvalue weighted by Crippen LogP contribution is 2.19. The van der Waals surface area contributed by atoms with Crippen LogP contribution >= 0.6 is 0 Å². The van der Waals surface area contributed by atoms with Crippen molar-refractivity contribution in [3.63, 3.8) is 0 Å². The van der Waals surface area contributed by atoms with Crippen molar-refractivity contribution >= 4 is 34.2 Å². The molecule has 6 heteroatoms. The molecule has 0 heterocycles. The number of rotatable bonds is 5. The molecule has 3 aromatic carbocycles. The van der Waals surface area contributed by atoms with Crippen molar-refractivity contribution < 1.29 is 14.4 Å². The Morgan fingerprint density at radius 1 is 0.828 bits per heavy atom. The van der Waals surface area contributed by atoms with Crippen molar-refractivity contribution in [2.75, 3.05) is 26.0 Å². The van der Waals surface area contributed by atoms with E-state index in [2.05, 4.69) is 10.6 Å². The summed E-state index contributed by atoms with van der Waals surface area (Å²) in [7, 11) is 3.25. The lowest BCUT2D eigenvalue weighted by molar-refractivity contribution is -0.136. The third-order valence-electron chi connectivity index (χ3n) is 4.58. The van der Waals surface area contributed by atoms with Crippen molar-refractivity contribution in [2.45, 2.75) is 6.42 Å². The Labute approximate surface area is 169 Å².